The van der Waals surface area contributed by atoms with E-state index < -0.39 is 0 Å². The minimum atomic E-state index is -0.280. The van der Waals surface area contributed by atoms with Crippen LogP contribution in [0.1, 0.15) is 40.0 Å². The summed E-state index contributed by atoms with van der Waals surface area (Å²) in [5.41, 5.74) is 3.48. The number of fused-ring (bicyclic) bond motifs is 1. The van der Waals surface area contributed by atoms with Gasteiger partial charge in [0, 0.05) is 9.90 Å². The van der Waals surface area contributed by atoms with Crippen molar-refractivity contribution >= 4 is 49.8 Å². The van der Waals surface area contributed by atoms with Gasteiger partial charge in [-0.3, -0.25) is 4.79 Å². The van der Waals surface area contributed by atoms with E-state index in [0.29, 0.717) is 21.3 Å². The molecule has 136 valence electrons. The van der Waals surface area contributed by atoms with Gasteiger partial charge in [0.1, 0.15) is 16.8 Å². The molecule has 0 saturated carbocycles. The van der Waals surface area contributed by atoms with Crippen molar-refractivity contribution in [2.75, 3.05) is 11.9 Å². The lowest BCUT2D eigenvalue weighted by Crippen LogP contribution is -2.20. The van der Waals surface area contributed by atoms with Gasteiger partial charge in [-0.25, -0.2) is 0 Å². The topological polar surface area (TPSA) is 62.1 Å². The molecule has 0 saturated heterocycles. The molecule has 0 atom stereocenters. The number of anilines is 1. The van der Waals surface area contributed by atoms with Crippen molar-refractivity contribution < 1.29 is 9.53 Å². The Hall–Kier alpha value is -1.55. The van der Waals surface area contributed by atoms with Gasteiger partial charge in [-0.2, -0.15) is 5.26 Å². The summed E-state index contributed by atoms with van der Waals surface area (Å²) in [5, 5.41) is 13.6. The molecule has 0 radical (unpaired) electrons. The number of rotatable bonds is 4. The molecule has 3 rings (SSSR count). The lowest BCUT2D eigenvalue weighted by atomic mass is 9.96. The second-order valence-corrected chi connectivity index (χ2v) is 8.58. The van der Waals surface area contributed by atoms with Crippen LogP contribution in [0.4, 0.5) is 5.00 Å². The van der Waals surface area contributed by atoms with Gasteiger partial charge in [0.05, 0.1) is 10.0 Å². The van der Waals surface area contributed by atoms with Crippen LogP contribution < -0.4 is 10.1 Å². The van der Waals surface area contributed by atoms with Gasteiger partial charge in [-0.1, -0.05) is 11.6 Å². The number of hydrogen-bond acceptors (Lipinski definition) is 4. The average molecular weight is 454 g/mol. The number of aryl methyl sites for hydroxylation is 2. The number of ether oxygens (including phenoxy) is 1. The lowest BCUT2D eigenvalue weighted by Gasteiger charge is -2.13. The molecule has 0 spiro atoms. The minimum Gasteiger partial charge on any atom is -0.483 e. The molecule has 0 fully saturated rings. The van der Waals surface area contributed by atoms with Crippen molar-refractivity contribution in [1.82, 2.24) is 0 Å². The number of carbonyl (C=O) groups excluding carboxylic acids is 1. The standard InChI is InChI=1S/C19H18BrClN2O2S/c1-10-7-14(17(20)11(2)18(10)21)25-9-16(24)23-19-13(8-22)12-5-3-4-6-15(12)26-19/h7H,3-6,9H2,1-2H3,(H,23,24). The first-order chi connectivity index (χ1) is 12.4. The SMILES string of the molecule is Cc1cc(OCC(=O)Nc2sc3c(c2C#N)CCCC3)c(Br)c(C)c1Cl. The zero-order valence-corrected chi connectivity index (χ0v) is 17.7. The quantitative estimate of drug-likeness (QED) is 0.660. The maximum Gasteiger partial charge on any atom is 0.262 e. The molecule has 7 heteroatoms. The van der Waals surface area contributed by atoms with Crippen molar-refractivity contribution in [2.45, 2.75) is 39.5 Å². The molecular formula is C19H18BrClN2O2S. The van der Waals surface area contributed by atoms with Crippen LogP contribution in [0.15, 0.2) is 10.5 Å². The average Bonchev–Trinajstić information content (AvgIpc) is 2.98. The molecule has 1 amide bonds. The number of nitrogens with zero attached hydrogens (tertiary/aromatic N) is 1. The third kappa shape index (κ3) is 3.75. The van der Waals surface area contributed by atoms with Crippen molar-refractivity contribution in [1.29, 1.82) is 5.26 Å². The maximum absolute atomic E-state index is 12.3. The van der Waals surface area contributed by atoms with Gasteiger partial charge in [-0.05, 0) is 78.2 Å². The third-order valence-corrected chi connectivity index (χ3v) is 7.24. The second kappa shape index (κ2) is 7.99. The molecule has 1 aliphatic carbocycles. The van der Waals surface area contributed by atoms with Crippen molar-refractivity contribution in [3.63, 3.8) is 0 Å². The molecule has 1 heterocycles. The largest absolute Gasteiger partial charge is 0.483 e. The highest BCUT2D eigenvalue weighted by atomic mass is 79.9. The Balaban J connectivity index is 1.71. The normalized spacial score (nSPS) is 13.0. The molecule has 1 aromatic carbocycles. The van der Waals surface area contributed by atoms with Crippen LogP contribution in [0, 0.1) is 25.2 Å². The zero-order chi connectivity index (χ0) is 18.8. The number of amides is 1. The van der Waals surface area contributed by atoms with E-state index in [-0.39, 0.29) is 12.5 Å². The summed E-state index contributed by atoms with van der Waals surface area (Å²) >= 11 is 11.2. The van der Waals surface area contributed by atoms with Crippen LogP contribution in [0.5, 0.6) is 5.75 Å². The van der Waals surface area contributed by atoms with Gasteiger partial charge in [0.2, 0.25) is 0 Å². The number of thiophene rings is 1. The van der Waals surface area contributed by atoms with Crippen LogP contribution >= 0.6 is 38.9 Å². The van der Waals surface area contributed by atoms with E-state index in [9.17, 15) is 10.1 Å². The maximum atomic E-state index is 12.3. The number of benzene rings is 1. The van der Waals surface area contributed by atoms with E-state index in [1.165, 1.54) is 16.2 Å². The van der Waals surface area contributed by atoms with E-state index in [1.54, 1.807) is 6.07 Å². The Bertz CT molecular complexity index is 917. The van der Waals surface area contributed by atoms with Crippen LogP contribution in [0.2, 0.25) is 5.02 Å². The monoisotopic (exact) mass is 452 g/mol. The first-order valence-electron chi connectivity index (χ1n) is 8.34. The minimum absolute atomic E-state index is 0.132. The Morgan fingerprint density at radius 1 is 1.42 bits per heavy atom. The van der Waals surface area contributed by atoms with Gasteiger partial charge < -0.3 is 10.1 Å². The summed E-state index contributed by atoms with van der Waals surface area (Å²) in [6.07, 6.45) is 4.13. The third-order valence-electron chi connectivity index (χ3n) is 4.46. The number of nitrogens with one attached hydrogen (secondary N) is 1. The lowest BCUT2D eigenvalue weighted by molar-refractivity contribution is -0.118. The van der Waals surface area contributed by atoms with E-state index in [0.717, 1.165) is 46.8 Å². The fourth-order valence-electron chi connectivity index (χ4n) is 3.08. The molecule has 2 aromatic rings. The number of hydrogen-bond donors (Lipinski definition) is 1. The van der Waals surface area contributed by atoms with Crippen LogP contribution in [0.25, 0.3) is 0 Å². The first-order valence-corrected chi connectivity index (χ1v) is 10.3. The summed E-state index contributed by atoms with van der Waals surface area (Å²) in [4.78, 5) is 13.6. The predicted molar refractivity (Wildman–Crippen MR) is 108 cm³/mol. The van der Waals surface area contributed by atoms with Crippen molar-refractivity contribution in [2.24, 2.45) is 0 Å². The van der Waals surface area contributed by atoms with Gasteiger partial charge in [0.25, 0.3) is 5.91 Å². The van der Waals surface area contributed by atoms with Crippen LogP contribution in [-0.4, -0.2) is 12.5 Å². The van der Waals surface area contributed by atoms with E-state index in [1.807, 2.05) is 13.8 Å². The molecule has 0 unspecified atom stereocenters. The summed E-state index contributed by atoms with van der Waals surface area (Å²) < 4.78 is 6.41. The molecule has 26 heavy (non-hydrogen) atoms. The zero-order valence-electron chi connectivity index (χ0n) is 14.5. The summed E-state index contributed by atoms with van der Waals surface area (Å²) in [6.45, 7) is 3.65. The highest BCUT2D eigenvalue weighted by Crippen LogP contribution is 2.38. The molecule has 4 nitrogen and oxygen atoms in total. The Labute approximate surface area is 170 Å². The Morgan fingerprint density at radius 2 is 2.15 bits per heavy atom. The molecule has 1 aliphatic rings. The van der Waals surface area contributed by atoms with Gasteiger partial charge in [-0.15, -0.1) is 11.3 Å². The summed E-state index contributed by atoms with van der Waals surface area (Å²) in [6, 6.07) is 4.05. The number of halogens is 2. The smallest absolute Gasteiger partial charge is 0.262 e. The highest BCUT2D eigenvalue weighted by molar-refractivity contribution is 9.10. The fourth-order valence-corrected chi connectivity index (χ4v) is 5.03. The van der Waals surface area contributed by atoms with Crippen molar-refractivity contribution in [3.05, 3.63) is 42.7 Å². The molecule has 1 N–H and O–H groups in total. The molecular weight excluding hydrogens is 436 g/mol. The Kier molecular flexibility index (Phi) is 5.91. The summed E-state index contributed by atoms with van der Waals surface area (Å²) in [7, 11) is 0. The van der Waals surface area contributed by atoms with Gasteiger partial charge in [0.15, 0.2) is 6.61 Å². The fraction of sp³-hybridized carbons (Fsp3) is 0.368. The van der Waals surface area contributed by atoms with Crippen molar-refractivity contribution in [3.8, 4) is 11.8 Å². The first kappa shape index (κ1) is 19.2. The molecule has 0 bridgehead atoms. The Morgan fingerprint density at radius 3 is 2.88 bits per heavy atom. The molecule has 1 aromatic heterocycles. The number of nitriles is 1. The second-order valence-electron chi connectivity index (χ2n) is 6.31. The highest BCUT2D eigenvalue weighted by Gasteiger charge is 2.22. The number of carbonyl (C=O) groups is 1. The summed E-state index contributed by atoms with van der Waals surface area (Å²) in [5.74, 6) is 0.294. The molecule has 0 aliphatic heterocycles. The van der Waals surface area contributed by atoms with Crippen LogP contribution in [0.3, 0.4) is 0 Å². The van der Waals surface area contributed by atoms with E-state index >= 15 is 0 Å². The van der Waals surface area contributed by atoms with Gasteiger partial charge >= 0.3 is 0 Å². The van der Waals surface area contributed by atoms with E-state index in [4.69, 9.17) is 16.3 Å². The van der Waals surface area contributed by atoms with Crippen LogP contribution in [-0.2, 0) is 17.6 Å². The van der Waals surface area contributed by atoms with E-state index in [2.05, 4.69) is 27.3 Å². The predicted octanol–water partition coefficient (Wildman–Crippen LogP) is 5.55.